The molecule has 0 radical (unpaired) electrons. The van der Waals surface area contributed by atoms with Crippen molar-refractivity contribution in [2.24, 2.45) is 0 Å². The Labute approximate surface area is 183 Å². The van der Waals surface area contributed by atoms with Crippen LogP contribution in [0.5, 0.6) is 5.75 Å². The molecule has 31 heavy (non-hydrogen) atoms. The van der Waals surface area contributed by atoms with E-state index in [9.17, 15) is 13.2 Å². The Morgan fingerprint density at radius 2 is 1.58 bits per heavy atom. The van der Waals surface area contributed by atoms with Crippen LogP contribution < -0.4 is 14.4 Å². The quantitative estimate of drug-likeness (QED) is 0.580. The molecule has 3 rings (SSSR count). The first-order valence-electron chi connectivity index (χ1n) is 9.86. The van der Waals surface area contributed by atoms with Gasteiger partial charge in [0.1, 0.15) is 12.3 Å². The number of rotatable bonds is 8. The summed E-state index contributed by atoms with van der Waals surface area (Å²) in [6, 6.07) is 20.9. The molecule has 3 aromatic rings. The predicted octanol–water partition coefficient (Wildman–Crippen LogP) is 3.82. The number of nitrogens with one attached hydrogen (secondary N) is 1. The summed E-state index contributed by atoms with van der Waals surface area (Å²) in [5, 5.41) is 2.83. The highest BCUT2D eigenvalue weighted by molar-refractivity contribution is 7.92. The summed E-state index contributed by atoms with van der Waals surface area (Å²) in [6.07, 6.45) is 0. The fourth-order valence-electron chi connectivity index (χ4n) is 3.09. The predicted molar refractivity (Wildman–Crippen MR) is 122 cm³/mol. The van der Waals surface area contributed by atoms with Crippen LogP contribution in [0.4, 0.5) is 5.69 Å². The van der Waals surface area contributed by atoms with E-state index in [2.05, 4.69) is 5.32 Å². The minimum absolute atomic E-state index is 0.0839. The molecule has 3 aromatic carbocycles. The second-order valence-electron chi connectivity index (χ2n) is 7.23. The number of aryl methyl sites for hydroxylation is 2. The van der Waals surface area contributed by atoms with E-state index >= 15 is 0 Å². The Kier molecular flexibility index (Phi) is 6.97. The molecule has 0 heterocycles. The van der Waals surface area contributed by atoms with Gasteiger partial charge in [0.25, 0.3) is 10.0 Å². The fourth-order valence-corrected chi connectivity index (χ4v) is 4.51. The molecule has 7 heteroatoms. The number of benzene rings is 3. The van der Waals surface area contributed by atoms with Gasteiger partial charge >= 0.3 is 0 Å². The van der Waals surface area contributed by atoms with E-state index in [0.29, 0.717) is 18.0 Å². The van der Waals surface area contributed by atoms with Crippen LogP contribution in [-0.4, -0.2) is 28.0 Å². The van der Waals surface area contributed by atoms with Crippen molar-refractivity contribution in [1.29, 1.82) is 0 Å². The van der Waals surface area contributed by atoms with Gasteiger partial charge in [-0.1, -0.05) is 42.0 Å². The molecule has 0 aliphatic rings. The number of carbonyl (C=O) groups excluding carboxylic acids is 1. The van der Waals surface area contributed by atoms with Crippen LogP contribution in [-0.2, 0) is 21.4 Å². The highest BCUT2D eigenvalue weighted by Gasteiger charge is 2.27. The molecule has 0 aliphatic carbocycles. The summed E-state index contributed by atoms with van der Waals surface area (Å²) >= 11 is 0. The Balaban J connectivity index is 1.86. The highest BCUT2D eigenvalue weighted by Crippen LogP contribution is 2.25. The van der Waals surface area contributed by atoms with Crippen molar-refractivity contribution in [1.82, 2.24) is 5.32 Å². The van der Waals surface area contributed by atoms with Gasteiger partial charge in [0, 0.05) is 6.54 Å². The molecule has 0 saturated heterocycles. The molecule has 0 aromatic heterocycles. The Morgan fingerprint density at radius 1 is 0.935 bits per heavy atom. The zero-order valence-corrected chi connectivity index (χ0v) is 18.6. The molecular weight excluding hydrogens is 412 g/mol. The Bertz CT molecular complexity index is 1140. The number of carbonyl (C=O) groups is 1. The Morgan fingerprint density at radius 3 is 2.19 bits per heavy atom. The van der Waals surface area contributed by atoms with Crippen LogP contribution >= 0.6 is 0 Å². The van der Waals surface area contributed by atoms with Crippen molar-refractivity contribution in [3.05, 3.63) is 89.5 Å². The topological polar surface area (TPSA) is 75.7 Å². The molecule has 0 aliphatic heterocycles. The first kappa shape index (κ1) is 22.4. The minimum atomic E-state index is -3.96. The number of hydrogen-bond donors (Lipinski definition) is 1. The summed E-state index contributed by atoms with van der Waals surface area (Å²) in [4.78, 5) is 12.8. The number of ether oxygens (including phenoxy) is 1. The lowest BCUT2D eigenvalue weighted by molar-refractivity contribution is -0.119. The SMILES string of the molecule is COc1ccc(S(=O)(=O)N(CC(=O)NCc2ccccc2C)c2ccc(C)cc2)cc1. The van der Waals surface area contributed by atoms with Gasteiger partial charge in [-0.15, -0.1) is 0 Å². The van der Waals surface area contributed by atoms with Crippen molar-refractivity contribution in [3.8, 4) is 5.75 Å². The first-order chi connectivity index (χ1) is 14.8. The van der Waals surface area contributed by atoms with Crippen molar-refractivity contribution in [2.45, 2.75) is 25.3 Å². The number of hydrogen-bond acceptors (Lipinski definition) is 4. The maximum absolute atomic E-state index is 13.4. The van der Waals surface area contributed by atoms with Crippen molar-refractivity contribution >= 4 is 21.6 Å². The average Bonchev–Trinajstić information content (AvgIpc) is 2.77. The molecule has 0 saturated carbocycles. The standard InChI is InChI=1S/C24H26N2O4S/c1-18-8-10-21(11-9-18)26(31(28,29)23-14-12-22(30-3)13-15-23)17-24(27)25-16-20-7-5-4-6-19(20)2/h4-15H,16-17H2,1-3H3,(H,25,27). The third kappa shape index (κ3) is 5.44. The summed E-state index contributed by atoms with van der Waals surface area (Å²) in [5.74, 6) is 0.165. The molecule has 0 bridgehead atoms. The largest absolute Gasteiger partial charge is 0.497 e. The summed E-state index contributed by atoms with van der Waals surface area (Å²) < 4.78 is 33.0. The van der Waals surface area contributed by atoms with Gasteiger partial charge in [-0.05, 0) is 61.4 Å². The van der Waals surface area contributed by atoms with E-state index in [4.69, 9.17) is 4.74 Å². The van der Waals surface area contributed by atoms with Crippen LogP contribution in [0, 0.1) is 13.8 Å². The Hall–Kier alpha value is -3.32. The monoisotopic (exact) mass is 438 g/mol. The lowest BCUT2D eigenvalue weighted by atomic mass is 10.1. The first-order valence-corrected chi connectivity index (χ1v) is 11.3. The second kappa shape index (κ2) is 9.66. The van der Waals surface area contributed by atoms with Gasteiger partial charge in [0.05, 0.1) is 17.7 Å². The third-order valence-electron chi connectivity index (χ3n) is 4.99. The maximum atomic E-state index is 13.4. The lowest BCUT2D eigenvalue weighted by Crippen LogP contribution is -2.40. The lowest BCUT2D eigenvalue weighted by Gasteiger charge is -2.24. The third-order valence-corrected chi connectivity index (χ3v) is 6.78. The van der Waals surface area contributed by atoms with Crippen LogP contribution in [0.15, 0.2) is 77.7 Å². The number of anilines is 1. The van der Waals surface area contributed by atoms with Crippen LogP contribution in [0.1, 0.15) is 16.7 Å². The number of sulfonamides is 1. The highest BCUT2D eigenvalue weighted by atomic mass is 32.2. The van der Waals surface area contributed by atoms with E-state index in [1.54, 1.807) is 24.3 Å². The molecule has 162 valence electrons. The van der Waals surface area contributed by atoms with E-state index in [-0.39, 0.29) is 17.3 Å². The van der Waals surface area contributed by atoms with Crippen molar-refractivity contribution in [3.63, 3.8) is 0 Å². The molecule has 6 nitrogen and oxygen atoms in total. The fraction of sp³-hybridized carbons (Fsp3) is 0.208. The van der Waals surface area contributed by atoms with Gasteiger partial charge < -0.3 is 10.1 Å². The van der Waals surface area contributed by atoms with E-state index in [1.807, 2.05) is 50.2 Å². The smallest absolute Gasteiger partial charge is 0.264 e. The van der Waals surface area contributed by atoms with Crippen LogP contribution in [0.2, 0.25) is 0 Å². The van der Waals surface area contributed by atoms with Crippen LogP contribution in [0.3, 0.4) is 0 Å². The van der Waals surface area contributed by atoms with Gasteiger partial charge in [0.15, 0.2) is 0 Å². The normalized spacial score (nSPS) is 11.1. The molecule has 0 atom stereocenters. The van der Waals surface area contributed by atoms with E-state index in [1.165, 1.54) is 19.2 Å². The maximum Gasteiger partial charge on any atom is 0.264 e. The molecule has 1 N–H and O–H groups in total. The molecule has 1 amide bonds. The van der Waals surface area contributed by atoms with Gasteiger partial charge in [-0.3, -0.25) is 9.10 Å². The van der Waals surface area contributed by atoms with Gasteiger partial charge in [0.2, 0.25) is 5.91 Å². The summed E-state index contributed by atoms with van der Waals surface area (Å²) in [7, 11) is -2.45. The zero-order valence-electron chi connectivity index (χ0n) is 17.8. The van der Waals surface area contributed by atoms with E-state index < -0.39 is 10.0 Å². The molecule has 0 unspecified atom stereocenters. The number of methoxy groups -OCH3 is 1. The number of nitrogens with zero attached hydrogens (tertiary/aromatic N) is 1. The van der Waals surface area contributed by atoms with Gasteiger partial charge in [-0.25, -0.2) is 8.42 Å². The zero-order chi connectivity index (χ0) is 22.4. The summed E-state index contributed by atoms with van der Waals surface area (Å²) in [5.41, 5.74) is 3.46. The average molecular weight is 439 g/mol. The number of amides is 1. The molecular formula is C24H26N2O4S. The van der Waals surface area contributed by atoms with Crippen molar-refractivity contribution < 1.29 is 17.9 Å². The summed E-state index contributed by atoms with van der Waals surface area (Å²) in [6.45, 7) is 3.88. The molecule has 0 spiro atoms. The van der Waals surface area contributed by atoms with Gasteiger partial charge in [-0.2, -0.15) is 0 Å². The second-order valence-corrected chi connectivity index (χ2v) is 9.09. The van der Waals surface area contributed by atoms with E-state index in [0.717, 1.165) is 21.0 Å². The van der Waals surface area contributed by atoms with Crippen molar-refractivity contribution in [2.75, 3.05) is 18.0 Å². The molecule has 0 fully saturated rings. The minimum Gasteiger partial charge on any atom is -0.497 e. The van der Waals surface area contributed by atoms with Crippen LogP contribution in [0.25, 0.3) is 0 Å².